The lowest BCUT2D eigenvalue weighted by Gasteiger charge is -2.29. The third kappa shape index (κ3) is 3.57. The first-order valence-electron chi connectivity index (χ1n) is 8.72. The van der Waals surface area contributed by atoms with Gasteiger partial charge in [-0.3, -0.25) is 9.59 Å². The van der Waals surface area contributed by atoms with Gasteiger partial charge in [0.05, 0.1) is 5.56 Å². The number of benzene rings is 1. The maximum atomic E-state index is 12.8. The van der Waals surface area contributed by atoms with Gasteiger partial charge in [-0.05, 0) is 29.7 Å². The highest BCUT2D eigenvalue weighted by atomic mass is 16.2. The molecular weight excluding hydrogens is 342 g/mol. The zero-order chi connectivity index (χ0) is 18.8. The molecule has 0 fully saturated rings. The highest BCUT2D eigenvalue weighted by Crippen LogP contribution is 2.19. The second-order valence-corrected chi connectivity index (χ2v) is 6.54. The Morgan fingerprint density at radius 3 is 2.59 bits per heavy atom. The minimum atomic E-state index is -0.110. The first-order chi connectivity index (χ1) is 13.1. The molecule has 27 heavy (non-hydrogen) atoms. The van der Waals surface area contributed by atoms with Crippen molar-refractivity contribution in [2.75, 3.05) is 11.9 Å². The maximum Gasteiger partial charge on any atom is 0.257 e. The van der Waals surface area contributed by atoms with E-state index in [1.165, 1.54) is 12.4 Å². The summed E-state index contributed by atoms with van der Waals surface area (Å²) in [6, 6.07) is 11.3. The van der Waals surface area contributed by atoms with Crippen molar-refractivity contribution in [3.8, 4) is 0 Å². The van der Waals surface area contributed by atoms with Crippen LogP contribution in [0, 0.1) is 0 Å². The summed E-state index contributed by atoms with van der Waals surface area (Å²) in [4.78, 5) is 34.8. The molecule has 0 aliphatic carbocycles. The zero-order valence-corrected chi connectivity index (χ0v) is 14.9. The predicted octanol–water partition coefficient (Wildman–Crippen LogP) is 2.12. The quantitative estimate of drug-likeness (QED) is 0.773. The third-order valence-corrected chi connectivity index (χ3v) is 4.64. The number of carbonyl (C=O) groups is 1. The van der Waals surface area contributed by atoms with Crippen LogP contribution in [-0.4, -0.2) is 31.9 Å². The van der Waals surface area contributed by atoms with Gasteiger partial charge in [0.15, 0.2) is 0 Å². The number of nitrogens with zero attached hydrogens (tertiary/aromatic N) is 4. The minimum absolute atomic E-state index is 0.0246. The largest absolute Gasteiger partial charge is 0.334 e. The third-order valence-electron chi connectivity index (χ3n) is 4.64. The molecule has 7 heteroatoms. The van der Waals surface area contributed by atoms with E-state index in [2.05, 4.69) is 15.3 Å². The SMILES string of the molecule is Cn1cc2c(cc1=O)CCN(C(=O)c1cnc(Nc3ccccc3)nc1)C2. The number of hydrogen-bond donors (Lipinski definition) is 1. The second kappa shape index (κ2) is 7.03. The van der Waals surface area contributed by atoms with E-state index in [0.29, 0.717) is 31.0 Å². The Bertz CT molecular complexity index is 1030. The molecule has 0 radical (unpaired) electrons. The van der Waals surface area contributed by atoms with Crippen molar-refractivity contribution in [3.05, 3.63) is 82.0 Å². The standard InChI is InChI=1S/C20H19N5O2/c1-24-12-16-13-25(8-7-14(16)9-18(24)26)19(27)15-10-21-20(22-11-15)23-17-5-3-2-4-6-17/h2-6,9-12H,7-8,13H2,1H3,(H,21,22,23). The predicted molar refractivity (Wildman–Crippen MR) is 102 cm³/mol. The average molecular weight is 361 g/mol. The van der Waals surface area contributed by atoms with E-state index in [4.69, 9.17) is 0 Å². The molecule has 0 bridgehead atoms. The number of aryl methyl sites for hydroxylation is 1. The number of amides is 1. The fourth-order valence-corrected chi connectivity index (χ4v) is 3.15. The molecule has 0 atom stereocenters. The van der Waals surface area contributed by atoms with E-state index in [-0.39, 0.29) is 11.5 Å². The van der Waals surface area contributed by atoms with E-state index in [9.17, 15) is 9.59 Å². The Hall–Kier alpha value is -3.48. The molecule has 0 saturated heterocycles. The van der Waals surface area contributed by atoms with Gasteiger partial charge in [0.1, 0.15) is 0 Å². The summed E-state index contributed by atoms with van der Waals surface area (Å²) in [5.41, 5.74) is 3.32. The van der Waals surface area contributed by atoms with Crippen LogP contribution in [0.25, 0.3) is 0 Å². The molecule has 1 aliphatic heterocycles. The van der Waals surface area contributed by atoms with Crippen molar-refractivity contribution in [1.82, 2.24) is 19.4 Å². The van der Waals surface area contributed by atoms with Crippen LogP contribution in [0.3, 0.4) is 0 Å². The normalized spacial score (nSPS) is 13.1. The summed E-state index contributed by atoms with van der Waals surface area (Å²) < 4.78 is 1.54. The Balaban J connectivity index is 1.48. The van der Waals surface area contributed by atoms with E-state index in [0.717, 1.165) is 16.8 Å². The summed E-state index contributed by atoms with van der Waals surface area (Å²) >= 11 is 0. The molecule has 2 aromatic heterocycles. The van der Waals surface area contributed by atoms with E-state index in [1.807, 2.05) is 30.3 Å². The van der Waals surface area contributed by atoms with Crippen molar-refractivity contribution in [3.63, 3.8) is 0 Å². The van der Waals surface area contributed by atoms with Gasteiger partial charge in [-0.2, -0.15) is 0 Å². The van der Waals surface area contributed by atoms with Gasteiger partial charge in [0.2, 0.25) is 5.95 Å². The molecular formula is C20H19N5O2. The summed E-state index contributed by atoms with van der Waals surface area (Å²) in [5, 5.41) is 3.09. The number of anilines is 2. The number of rotatable bonds is 3. The molecule has 0 saturated carbocycles. The summed E-state index contributed by atoms with van der Waals surface area (Å²) in [6.07, 6.45) is 5.56. The molecule has 136 valence electrons. The number of pyridine rings is 1. The number of para-hydroxylation sites is 1. The Kier molecular flexibility index (Phi) is 4.42. The average Bonchev–Trinajstić information content (AvgIpc) is 2.69. The van der Waals surface area contributed by atoms with Gasteiger partial charge in [0.25, 0.3) is 11.5 Å². The molecule has 1 aromatic carbocycles. The number of nitrogens with one attached hydrogen (secondary N) is 1. The van der Waals surface area contributed by atoms with Crippen molar-refractivity contribution < 1.29 is 4.79 Å². The second-order valence-electron chi connectivity index (χ2n) is 6.54. The highest BCUT2D eigenvalue weighted by molar-refractivity contribution is 5.93. The van der Waals surface area contributed by atoms with Crippen LogP contribution in [0.4, 0.5) is 11.6 Å². The van der Waals surface area contributed by atoms with E-state index in [1.54, 1.807) is 28.8 Å². The molecule has 7 nitrogen and oxygen atoms in total. The minimum Gasteiger partial charge on any atom is -0.334 e. The first kappa shape index (κ1) is 17.0. The fraction of sp³-hybridized carbons (Fsp3) is 0.200. The van der Waals surface area contributed by atoms with Crippen molar-refractivity contribution in [2.45, 2.75) is 13.0 Å². The van der Waals surface area contributed by atoms with Gasteiger partial charge in [-0.1, -0.05) is 18.2 Å². The van der Waals surface area contributed by atoms with Crippen LogP contribution >= 0.6 is 0 Å². The van der Waals surface area contributed by atoms with Gasteiger partial charge >= 0.3 is 0 Å². The summed E-state index contributed by atoms with van der Waals surface area (Å²) in [6.45, 7) is 1.05. The fourth-order valence-electron chi connectivity index (χ4n) is 3.15. The summed E-state index contributed by atoms with van der Waals surface area (Å²) in [5.74, 6) is 0.331. The Labute approximate surface area is 156 Å². The van der Waals surface area contributed by atoms with Gasteiger partial charge in [-0.25, -0.2) is 9.97 Å². The van der Waals surface area contributed by atoms with Gasteiger partial charge in [0, 0.05) is 50.5 Å². The number of hydrogen-bond acceptors (Lipinski definition) is 5. The van der Waals surface area contributed by atoms with Crippen LogP contribution in [0.5, 0.6) is 0 Å². The smallest absolute Gasteiger partial charge is 0.257 e. The molecule has 0 unspecified atom stereocenters. The van der Waals surface area contributed by atoms with E-state index >= 15 is 0 Å². The van der Waals surface area contributed by atoms with Crippen LogP contribution in [-0.2, 0) is 20.0 Å². The molecule has 1 amide bonds. The molecule has 0 spiro atoms. The van der Waals surface area contributed by atoms with Crippen molar-refractivity contribution >= 4 is 17.5 Å². The topological polar surface area (TPSA) is 80.1 Å². The number of fused-ring (bicyclic) bond motifs is 1. The molecule has 1 N–H and O–H groups in total. The lowest BCUT2D eigenvalue weighted by molar-refractivity contribution is 0.0733. The number of aromatic nitrogens is 3. The molecule has 4 rings (SSSR count). The molecule has 3 aromatic rings. The van der Waals surface area contributed by atoms with Crippen molar-refractivity contribution in [1.29, 1.82) is 0 Å². The molecule has 3 heterocycles. The van der Waals surface area contributed by atoms with Crippen LogP contribution < -0.4 is 10.9 Å². The van der Waals surface area contributed by atoms with Crippen LogP contribution in [0.1, 0.15) is 21.5 Å². The number of carbonyl (C=O) groups excluding carboxylic acids is 1. The maximum absolute atomic E-state index is 12.8. The zero-order valence-electron chi connectivity index (χ0n) is 14.9. The first-order valence-corrected chi connectivity index (χ1v) is 8.72. The summed E-state index contributed by atoms with van der Waals surface area (Å²) in [7, 11) is 1.72. The Morgan fingerprint density at radius 2 is 1.85 bits per heavy atom. The Morgan fingerprint density at radius 1 is 1.11 bits per heavy atom. The lowest BCUT2D eigenvalue weighted by atomic mass is 10.0. The van der Waals surface area contributed by atoms with Crippen LogP contribution in [0.15, 0.2) is 59.8 Å². The lowest BCUT2D eigenvalue weighted by Crippen LogP contribution is -2.37. The van der Waals surface area contributed by atoms with Gasteiger partial charge < -0.3 is 14.8 Å². The van der Waals surface area contributed by atoms with Gasteiger partial charge in [-0.15, -0.1) is 0 Å². The van der Waals surface area contributed by atoms with Crippen LogP contribution in [0.2, 0.25) is 0 Å². The highest BCUT2D eigenvalue weighted by Gasteiger charge is 2.23. The van der Waals surface area contributed by atoms with Crippen molar-refractivity contribution in [2.24, 2.45) is 7.05 Å². The monoisotopic (exact) mass is 361 g/mol. The molecule has 1 aliphatic rings. The van der Waals surface area contributed by atoms with E-state index < -0.39 is 0 Å².